The number of aromatic nitrogens is 2. The quantitative estimate of drug-likeness (QED) is 0.501. The average molecular weight is 397 g/mol. The predicted molar refractivity (Wildman–Crippen MR) is 124 cm³/mol. The maximum Gasteiger partial charge on any atom is 0.203 e. The van der Waals surface area contributed by atoms with Gasteiger partial charge in [-0.25, -0.2) is 4.98 Å². The number of hydrogen-bond donors (Lipinski definition) is 1. The summed E-state index contributed by atoms with van der Waals surface area (Å²) in [7, 11) is 2.09. The molecule has 2 heterocycles. The average Bonchev–Trinajstić information content (AvgIpc) is 3.12. The van der Waals surface area contributed by atoms with Gasteiger partial charge in [0.15, 0.2) is 0 Å². The van der Waals surface area contributed by atoms with Crippen molar-refractivity contribution in [2.75, 3.05) is 18.4 Å². The summed E-state index contributed by atoms with van der Waals surface area (Å²) in [5.41, 5.74) is 4.95. The number of imidazole rings is 1. The number of para-hydroxylation sites is 2. The minimum absolute atomic E-state index is 0.309. The smallest absolute Gasteiger partial charge is 0.203 e. The summed E-state index contributed by atoms with van der Waals surface area (Å²) < 4.78 is 2.17. The van der Waals surface area contributed by atoms with Gasteiger partial charge in [-0.3, -0.25) is 4.90 Å². The van der Waals surface area contributed by atoms with Gasteiger partial charge in [-0.2, -0.15) is 0 Å². The summed E-state index contributed by atoms with van der Waals surface area (Å²) in [6.45, 7) is 2.13. The van der Waals surface area contributed by atoms with E-state index in [0.717, 1.165) is 37.4 Å². The lowest BCUT2D eigenvalue weighted by molar-refractivity contribution is 0.179. The minimum atomic E-state index is 0.309. The Morgan fingerprint density at radius 3 is 1.97 bits per heavy atom. The fourth-order valence-electron chi connectivity index (χ4n) is 4.64. The standard InChI is InChI=1S/C26H28N4/c1-29-24-15-9-8-14-23(24)28-26(29)27-22-16-18-30(19-17-22)25(20-10-4-2-5-11-20)21-12-6-3-7-13-21/h2-15,22,25H,16-19H2,1H3,(H,27,28). The Hall–Kier alpha value is -3.11. The fourth-order valence-corrected chi connectivity index (χ4v) is 4.64. The Morgan fingerprint density at radius 2 is 1.37 bits per heavy atom. The van der Waals surface area contributed by atoms with Crippen molar-refractivity contribution < 1.29 is 0 Å². The summed E-state index contributed by atoms with van der Waals surface area (Å²) in [6, 6.07) is 30.8. The third-order valence-corrected chi connectivity index (χ3v) is 6.25. The third kappa shape index (κ3) is 3.71. The van der Waals surface area contributed by atoms with E-state index in [0.29, 0.717) is 12.1 Å². The maximum atomic E-state index is 4.79. The Labute approximate surface area is 178 Å². The summed E-state index contributed by atoms with van der Waals surface area (Å²) in [5, 5.41) is 3.70. The van der Waals surface area contributed by atoms with Crippen LogP contribution in [-0.2, 0) is 7.05 Å². The normalized spacial score (nSPS) is 15.7. The van der Waals surface area contributed by atoms with E-state index in [1.165, 1.54) is 16.6 Å². The van der Waals surface area contributed by atoms with E-state index >= 15 is 0 Å². The zero-order valence-corrected chi connectivity index (χ0v) is 17.4. The van der Waals surface area contributed by atoms with Gasteiger partial charge in [0.1, 0.15) is 0 Å². The van der Waals surface area contributed by atoms with Crippen molar-refractivity contribution >= 4 is 17.0 Å². The number of aryl methyl sites for hydroxylation is 1. The van der Waals surface area contributed by atoms with E-state index in [2.05, 4.69) is 101 Å². The largest absolute Gasteiger partial charge is 0.353 e. The molecule has 0 unspecified atom stereocenters. The predicted octanol–water partition coefficient (Wildman–Crippen LogP) is 5.24. The SMILES string of the molecule is Cn1c(NC2CCN(C(c3ccccc3)c3ccccc3)CC2)nc2ccccc21. The zero-order chi connectivity index (χ0) is 20.3. The molecule has 0 saturated carbocycles. The van der Waals surface area contributed by atoms with Crippen LogP contribution in [0.4, 0.5) is 5.95 Å². The summed E-state index contributed by atoms with van der Waals surface area (Å²) in [6.07, 6.45) is 2.22. The fraction of sp³-hybridized carbons (Fsp3) is 0.269. The van der Waals surface area contributed by atoms with E-state index in [4.69, 9.17) is 4.98 Å². The molecule has 0 aliphatic carbocycles. The molecule has 0 atom stereocenters. The zero-order valence-electron chi connectivity index (χ0n) is 17.4. The lowest BCUT2D eigenvalue weighted by Crippen LogP contribution is -2.41. The second-order valence-electron chi connectivity index (χ2n) is 8.16. The first-order valence-electron chi connectivity index (χ1n) is 10.8. The van der Waals surface area contributed by atoms with Crippen LogP contribution >= 0.6 is 0 Å². The van der Waals surface area contributed by atoms with Crippen molar-refractivity contribution in [1.29, 1.82) is 0 Å². The van der Waals surface area contributed by atoms with Crippen molar-refractivity contribution in [2.24, 2.45) is 7.05 Å². The van der Waals surface area contributed by atoms with E-state index in [1.54, 1.807) is 0 Å². The van der Waals surface area contributed by atoms with E-state index in [1.807, 2.05) is 6.07 Å². The van der Waals surface area contributed by atoms with Crippen molar-refractivity contribution in [3.63, 3.8) is 0 Å². The first kappa shape index (κ1) is 18.9. The van der Waals surface area contributed by atoms with E-state index in [9.17, 15) is 0 Å². The number of benzene rings is 3. The number of fused-ring (bicyclic) bond motifs is 1. The van der Waals surface area contributed by atoms with Crippen LogP contribution in [0.5, 0.6) is 0 Å². The third-order valence-electron chi connectivity index (χ3n) is 6.25. The van der Waals surface area contributed by atoms with E-state index < -0.39 is 0 Å². The van der Waals surface area contributed by atoms with Crippen molar-refractivity contribution in [3.8, 4) is 0 Å². The molecule has 152 valence electrons. The number of nitrogens with one attached hydrogen (secondary N) is 1. The monoisotopic (exact) mass is 396 g/mol. The van der Waals surface area contributed by atoms with Crippen LogP contribution < -0.4 is 5.32 Å². The molecule has 3 aromatic carbocycles. The number of hydrogen-bond acceptors (Lipinski definition) is 3. The molecule has 4 heteroatoms. The lowest BCUT2D eigenvalue weighted by Gasteiger charge is -2.38. The van der Waals surface area contributed by atoms with Gasteiger partial charge < -0.3 is 9.88 Å². The lowest BCUT2D eigenvalue weighted by atomic mass is 9.94. The Bertz CT molecular complexity index is 1060. The van der Waals surface area contributed by atoms with Gasteiger partial charge in [0.05, 0.1) is 17.1 Å². The summed E-state index contributed by atoms with van der Waals surface area (Å²) in [5.74, 6) is 0.970. The molecule has 30 heavy (non-hydrogen) atoms. The van der Waals surface area contributed by atoms with Crippen molar-refractivity contribution in [1.82, 2.24) is 14.5 Å². The molecule has 1 aliphatic heterocycles. The Kier molecular flexibility index (Phi) is 5.24. The second kappa shape index (κ2) is 8.33. The molecule has 1 fully saturated rings. The van der Waals surface area contributed by atoms with E-state index in [-0.39, 0.29) is 0 Å². The van der Waals surface area contributed by atoms with Gasteiger partial charge >= 0.3 is 0 Å². The molecule has 4 aromatic rings. The van der Waals surface area contributed by atoms with Crippen LogP contribution in [0.2, 0.25) is 0 Å². The molecule has 0 bridgehead atoms. The van der Waals surface area contributed by atoms with Gasteiger partial charge in [0.2, 0.25) is 5.95 Å². The molecule has 0 spiro atoms. The maximum absolute atomic E-state index is 4.79. The molecule has 1 aliphatic rings. The van der Waals surface area contributed by atoms with Crippen LogP contribution in [0.3, 0.4) is 0 Å². The van der Waals surface area contributed by atoms with Crippen LogP contribution in [-0.4, -0.2) is 33.6 Å². The van der Waals surface area contributed by atoms with Crippen LogP contribution in [0.25, 0.3) is 11.0 Å². The topological polar surface area (TPSA) is 33.1 Å². The first-order chi connectivity index (χ1) is 14.8. The number of nitrogens with zero attached hydrogens (tertiary/aromatic N) is 3. The minimum Gasteiger partial charge on any atom is -0.353 e. The molecule has 1 N–H and O–H groups in total. The summed E-state index contributed by atoms with van der Waals surface area (Å²) >= 11 is 0. The highest BCUT2D eigenvalue weighted by Gasteiger charge is 2.27. The van der Waals surface area contributed by atoms with Gasteiger partial charge in [0.25, 0.3) is 0 Å². The number of piperidine rings is 1. The van der Waals surface area contributed by atoms with Crippen molar-refractivity contribution in [3.05, 3.63) is 96.1 Å². The molecular formula is C26H28N4. The van der Waals surface area contributed by atoms with Crippen LogP contribution in [0.15, 0.2) is 84.9 Å². The van der Waals surface area contributed by atoms with Crippen LogP contribution in [0.1, 0.15) is 30.0 Å². The first-order valence-corrected chi connectivity index (χ1v) is 10.8. The number of anilines is 1. The highest BCUT2D eigenvalue weighted by molar-refractivity contribution is 5.78. The molecule has 0 radical (unpaired) electrons. The summed E-state index contributed by atoms with van der Waals surface area (Å²) in [4.78, 5) is 7.42. The number of likely N-dealkylation sites (tertiary alicyclic amines) is 1. The number of rotatable bonds is 5. The van der Waals surface area contributed by atoms with Crippen LogP contribution in [0, 0.1) is 0 Å². The molecule has 1 aromatic heterocycles. The molecule has 0 amide bonds. The second-order valence-corrected chi connectivity index (χ2v) is 8.16. The molecule has 5 rings (SSSR count). The Balaban J connectivity index is 1.32. The molecule has 1 saturated heterocycles. The molecule has 4 nitrogen and oxygen atoms in total. The highest BCUT2D eigenvalue weighted by Crippen LogP contribution is 2.31. The van der Waals surface area contributed by atoms with Gasteiger partial charge in [-0.1, -0.05) is 72.8 Å². The van der Waals surface area contributed by atoms with Gasteiger partial charge in [-0.05, 0) is 36.1 Å². The molecular weight excluding hydrogens is 368 g/mol. The Morgan fingerprint density at radius 1 is 0.800 bits per heavy atom. The highest BCUT2D eigenvalue weighted by atomic mass is 15.2. The van der Waals surface area contributed by atoms with Gasteiger partial charge in [-0.15, -0.1) is 0 Å². The van der Waals surface area contributed by atoms with Crippen molar-refractivity contribution in [2.45, 2.75) is 24.9 Å². The van der Waals surface area contributed by atoms with Gasteiger partial charge in [0, 0.05) is 26.2 Å².